The lowest BCUT2D eigenvalue weighted by atomic mass is 9.83. The molecule has 0 aromatic heterocycles. The molecular formula is C17H38O2Si. The summed E-state index contributed by atoms with van der Waals surface area (Å²) in [6.45, 7) is 19.8. The van der Waals surface area contributed by atoms with Crippen molar-refractivity contribution in [2.45, 2.75) is 85.7 Å². The van der Waals surface area contributed by atoms with Crippen LogP contribution in [0.3, 0.4) is 0 Å². The van der Waals surface area contributed by atoms with Crippen LogP contribution in [0.4, 0.5) is 0 Å². The van der Waals surface area contributed by atoms with Crippen LogP contribution in [0.1, 0.15) is 74.7 Å². The molecule has 1 atom stereocenters. The van der Waals surface area contributed by atoms with Crippen molar-refractivity contribution in [3.63, 3.8) is 0 Å². The molecule has 0 aromatic carbocycles. The first-order valence-electron chi connectivity index (χ1n) is 8.60. The largest absolute Gasteiger partial charge is 0.394 e. The van der Waals surface area contributed by atoms with Crippen LogP contribution in [0, 0.1) is 11.8 Å². The summed E-state index contributed by atoms with van der Waals surface area (Å²) in [5, 5.41) is 0.150. The van der Waals surface area contributed by atoms with Crippen molar-refractivity contribution in [2.24, 2.45) is 11.8 Å². The third-order valence-electron chi connectivity index (χ3n) is 4.77. The number of rotatable bonds is 11. The van der Waals surface area contributed by atoms with Crippen LogP contribution in [0.15, 0.2) is 0 Å². The van der Waals surface area contributed by atoms with Gasteiger partial charge in [0, 0.05) is 18.3 Å². The predicted molar refractivity (Wildman–Crippen MR) is 91.4 cm³/mol. The van der Waals surface area contributed by atoms with E-state index in [1.165, 1.54) is 19.3 Å². The molecule has 0 saturated heterocycles. The van der Waals surface area contributed by atoms with E-state index >= 15 is 0 Å². The van der Waals surface area contributed by atoms with E-state index in [2.05, 4.69) is 55.4 Å². The second-order valence-corrected chi connectivity index (χ2v) is 10.6. The van der Waals surface area contributed by atoms with Gasteiger partial charge in [-0.05, 0) is 31.7 Å². The first-order valence-corrected chi connectivity index (χ1v) is 10.6. The number of hydrogen-bond acceptors (Lipinski definition) is 2. The number of hydrogen-bond donors (Lipinski definition) is 0. The van der Waals surface area contributed by atoms with Gasteiger partial charge in [-0.25, -0.2) is 0 Å². The molecule has 2 nitrogen and oxygen atoms in total. The van der Waals surface area contributed by atoms with Gasteiger partial charge in [-0.15, -0.1) is 0 Å². The summed E-state index contributed by atoms with van der Waals surface area (Å²) < 4.78 is 12.8. The maximum absolute atomic E-state index is 6.39. The highest BCUT2D eigenvalue weighted by Gasteiger charge is 2.55. The van der Waals surface area contributed by atoms with Gasteiger partial charge in [-0.1, -0.05) is 60.8 Å². The van der Waals surface area contributed by atoms with Gasteiger partial charge in [0.15, 0.2) is 0 Å². The Bertz CT molecular complexity index is 245. The lowest BCUT2D eigenvalue weighted by molar-refractivity contribution is 0.125. The zero-order valence-corrected chi connectivity index (χ0v) is 16.2. The molecule has 0 radical (unpaired) electrons. The molecule has 0 aliphatic heterocycles. The zero-order valence-electron chi connectivity index (χ0n) is 15.2. The molecule has 0 saturated carbocycles. The minimum Gasteiger partial charge on any atom is -0.394 e. The van der Waals surface area contributed by atoms with Crippen molar-refractivity contribution in [2.75, 3.05) is 13.2 Å². The van der Waals surface area contributed by atoms with Gasteiger partial charge in [0.25, 0.3) is 0 Å². The van der Waals surface area contributed by atoms with Crippen LogP contribution in [-0.2, 0) is 8.85 Å². The fourth-order valence-corrected chi connectivity index (χ4v) is 8.47. The fraction of sp³-hybridized carbons (Fsp3) is 1.00. The third kappa shape index (κ3) is 4.57. The molecule has 122 valence electrons. The maximum atomic E-state index is 6.39. The Labute approximate surface area is 128 Å². The SMILES string of the molecule is CCCC[Si](OCC)(OCC)C(C)(C)C(CC)C(C)C. The van der Waals surface area contributed by atoms with Crippen LogP contribution in [-0.4, -0.2) is 21.8 Å². The average Bonchev–Trinajstić information content (AvgIpc) is 2.36. The van der Waals surface area contributed by atoms with Crippen molar-refractivity contribution >= 4 is 8.56 Å². The molecule has 0 aliphatic carbocycles. The van der Waals surface area contributed by atoms with Gasteiger partial charge in [0.05, 0.1) is 0 Å². The van der Waals surface area contributed by atoms with E-state index in [-0.39, 0.29) is 5.04 Å². The summed E-state index contributed by atoms with van der Waals surface area (Å²) in [5.74, 6) is 1.33. The second-order valence-electron chi connectivity index (χ2n) is 6.70. The van der Waals surface area contributed by atoms with Crippen molar-refractivity contribution in [1.82, 2.24) is 0 Å². The van der Waals surface area contributed by atoms with Gasteiger partial charge in [-0.2, -0.15) is 0 Å². The summed E-state index contributed by atoms with van der Waals surface area (Å²) in [4.78, 5) is 0. The highest BCUT2D eigenvalue weighted by molar-refractivity contribution is 6.70. The Morgan fingerprint density at radius 1 is 0.950 bits per heavy atom. The summed E-state index contributed by atoms with van der Waals surface area (Å²) in [6.07, 6.45) is 3.62. The smallest absolute Gasteiger partial charge is 0.344 e. The molecule has 3 heteroatoms. The summed E-state index contributed by atoms with van der Waals surface area (Å²) in [5.41, 5.74) is 0. The molecular weight excluding hydrogens is 264 g/mol. The molecule has 0 aromatic rings. The lowest BCUT2D eigenvalue weighted by Gasteiger charge is -2.48. The van der Waals surface area contributed by atoms with Gasteiger partial charge < -0.3 is 8.85 Å². The highest BCUT2D eigenvalue weighted by atomic mass is 28.4. The van der Waals surface area contributed by atoms with E-state index < -0.39 is 8.56 Å². The van der Waals surface area contributed by atoms with Crippen LogP contribution >= 0.6 is 0 Å². The Balaban J connectivity index is 5.51. The summed E-state index contributed by atoms with van der Waals surface area (Å²) >= 11 is 0. The van der Waals surface area contributed by atoms with Crippen LogP contribution < -0.4 is 0 Å². The van der Waals surface area contributed by atoms with E-state index in [0.717, 1.165) is 19.3 Å². The molecule has 0 amide bonds. The Morgan fingerprint density at radius 2 is 1.45 bits per heavy atom. The minimum absolute atomic E-state index is 0.150. The molecule has 0 fully saturated rings. The standard InChI is InChI=1S/C17H38O2Si/c1-9-13-14-20(18-11-3,19-12-4)17(7,8)16(10-2)15(5)6/h15-16H,9-14H2,1-8H3. The molecule has 0 aliphatic rings. The Kier molecular flexibility index (Phi) is 9.28. The van der Waals surface area contributed by atoms with E-state index in [4.69, 9.17) is 8.85 Å². The molecule has 0 heterocycles. The maximum Gasteiger partial charge on any atom is 0.344 e. The average molecular weight is 303 g/mol. The first kappa shape index (κ1) is 20.1. The Morgan fingerprint density at radius 3 is 1.75 bits per heavy atom. The van der Waals surface area contributed by atoms with Crippen molar-refractivity contribution in [3.05, 3.63) is 0 Å². The van der Waals surface area contributed by atoms with E-state index in [1.54, 1.807) is 0 Å². The van der Waals surface area contributed by atoms with Gasteiger partial charge in [0.2, 0.25) is 0 Å². The van der Waals surface area contributed by atoms with Crippen molar-refractivity contribution in [3.8, 4) is 0 Å². The van der Waals surface area contributed by atoms with Crippen LogP contribution in [0.5, 0.6) is 0 Å². The monoisotopic (exact) mass is 302 g/mol. The number of unbranched alkanes of at least 4 members (excludes halogenated alkanes) is 1. The normalized spacial score (nSPS) is 14.8. The molecule has 0 spiro atoms. The highest BCUT2D eigenvalue weighted by Crippen LogP contribution is 2.52. The topological polar surface area (TPSA) is 18.5 Å². The molecule has 0 bridgehead atoms. The van der Waals surface area contributed by atoms with Crippen molar-refractivity contribution in [1.29, 1.82) is 0 Å². The van der Waals surface area contributed by atoms with Crippen LogP contribution in [0.2, 0.25) is 11.1 Å². The predicted octanol–water partition coefficient (Wildman–Crippen LogP) is 5.76. The van der Waals surface area contributed by atoms with E-state index in [9.17, 15) is 0 Å². The molecule has 20 heavy (non-hydrogen) atoms. The summed E-state index contributed by atoms with van der Waals surface area (Å²) in [7, 11) is -2.19. The first-order chi connectivity index (χ1) is 9.32. The fourth-order valence-electron chi connectivity index (χ4n) is 3.85. The second kappa shape index (κ2) is 9.21. The van der Waals surface area contributed by atoms with Crippen molar-refractivity contribution < 1.29 is 8.85 Å². The minimum atomic E-state index is -2.19. The molecule has 0 N–H and O–H groups in total. The molecule has 0 rings (SSSR count). The summed E-state index contributed by atoms with van der Waals surface area (Å²) in [6, 6.07) is 1.13. The van der Waals surface area contributed by atoms with Crippen LogP contribution in [0.25, 0.3) is 0 Å². The lowest BCUT2D eigenvalue weighted by Crippen LogP contribution is -2.55. The molecule has 1 unspecified atom stereocenters. The zero-order chi connectivity index (χ0) is 15.8. The Hall–Kier alpha value is 0.137. The third-order valence-corrected chi connectivity index (χ3v) is 9.62. The van der Waals surface area contributed by atoms with E-state index in [1.807, 2.05) is 0 Å². The van der Waals surface area contributed by atoms with Gasteiger partial charge in [-0.3, -0.25) is 0 Å². The van der Waals surface area contributed by atoms with Gasteiger partial charge in [0.1, 0.15) is 0 Å². The quantitative estimate of drug-likeness (QED) is 0.451. The van der Waals surface area contributed by atoms with Gasteiger partial charge >= 0.3 is 8.56 Å². The van der Waals surface area contributed by atoms with E-state index in [0.29, 0.717) is 11.8 Å².